The van der Waals surface area contributed by atoms with Crippen molar-refractivity contribution in [2.24, 2.45) is 46.3 Å². The molecule has 0 amide bonds. The van der Waals surface area contributed by atoms with Crippen LogP contribution in [0.3, 0.4) is 0 Å². The zero-order valence-corrected chi connectivity index (χ0v) is 19.6. The fraction of sp³-hybridized carbons (Fsp3) is 1.00. The minimum absolute atomic E-state index is 0.0153. The third-order valence-corrected chi connectivity index (χ3v) is 11.4. The van der Waals surface area contributed by atoms with E-state index in [1.165, 1.54) is 64.2 Å². The molecule has 2 heteroatoms. The van der Waals surface area contributed by atoms with Gasteiger partial charge in [-0.05, 0) is 117 Å². The molecule has 0 aromatic rings. The maximum atomic E-state index is 10.3. The molecule has 4 aliphatic carbocycles. The summed E-state index contributed by atoms with van der Waals surface area (Å²) < 4.78 is 5.61. The predicted octanol–water partition coefficient (Wildman–Crippen LogP) is 6.60. The van der Waals surface area contributed by atoms with Crippen molar-refractivity contribution in [1.29, 1.82) is 0 Å². The van der Waals surface area contributed by atoms with Gasteiger partial charge < -0.3 is 9.84 Å². The van der Waals surface area contributed by atoms with Crippen LogP contribution in [0.5, 0.6) is 0 Å². The summed E-state index contributed by atoms with van der Waals surface area (Å²) in [5.74, 6) is 5.50. The molecule has 4 saturated carbocycles. The number of hydrogen-bond donors (Lipinski definition) is 1. The molecule has 29 heavy (non-hydrogen) atoms. The molecule has 5 fully saturated rings. The normalized spacial score (nSPS) is 54.9. The Morgan fingerprint density at radius 2 is 1.66 bits per heavy atom. The second-order valence-electron chi connectivity index (χ2n) is 12.9. The average molecular weight is 403 g/mol. The van der Waals surface area contributed by atoms with Gasteiger partial charge in [0.15, 0.2) is 0 Å². The highest BCUT2D eigenvalue weighted by Gasteiger charge is 2.60. The van der Waals surface area contributed by atoms with E-state index in [1.807, 2.05) is 0 Å². The number of aliphatic hydroxyl groups excluding tert-OH is 1. The Hall–Kier alpha value is -0.0800. The van der Waals surface area contributed by atoms with Gasteiger partial charge in [-0.3, -0.25) is 0 Å². The van der Waals surface area contributed by atoms with Crippen molar-refractivity contribution in [3.8, 4) is 0 Å². The molecule has 5 rings (SSSR count). The number of aliphatic hydroxyl groups is 1. The van der Waals surface area contributed by atoms with Crippen LogP contribution < -0.4 is 0 Å². The highest BCUT2D eigenvalue weighted by atomic mass is 16.6. The molecule has 1 aliphatic heterocycles. The van der Waals surface area contributed by atoms with E-state index in [1.54, 1.807) is 0 Å². The molecule has 10 atom stereocenters. The summed E-state index contributed by atoms with van der Waals surface area (Å²) in [5, 5.41) is 10.3. The van der Waals surface area contributed by atoms with Crippen LogP contribution in [0.1, 0.15) is 105 Å². The van der Waals surface area contributed by atoms with Crippen LogP contribution in [0.15, 0.2) is 0 Å². The molecule has 166 valence electrons. The van der Waals surface area contributed by atoms with Crippen molar-refractivity contribution in [2.75, 3.05) is 6.61 Å². The van der Waals surface area contributed by atoms with Gasteiger partial charge in [0.05, 0.1) is 18.3 Å². The Bertz CT molecular complexity index is 612. The van der Waals surface area contributed by atoms with Gasteiger partial charge in [0.1, 0.15) is 0 Å². The number of hydrogen-bond acceptors (Lipinski definition) is 2. The summed E-state index contributed by atoms with van der Waals surface area (Å²) in [6, 6.07) is 0. The lowest BCUT2D eigenvalue weighted by Crippen LogP contribution is -2.54. The van der Waals surface area contributed by atoms with Gasteiger partial charge >= 0.3 is 0 Å². The predicted molar refractivity (Wildman–Crippen MR) is 119 cm³/mol. The molecule has 1 N–H and O–H groups in total. The van der Waals surface area contributed by atoms with E-state index < -0.39 is 0 Å². The second-order valence-corrected chi connectivity index (χ2v) is 12.9. The van der Waals surface area contributed by atoms with Crippen LogP contribution in [0.25, 0.3) is 0 Å². The number of fused-ring (bicyclic) bond motifs is 5. The number of ether oxygens (including phenoxy) is 1. The summed E-state index contributed by atoms with van der Waals surface area (Å²) in [7, 11) is 0. The Morgan fingerprint density at radius 1 is 0.931 bits per heavy atom. The minimum Gasteiger partial charge on any atom is -0.393 e. The van der Waals surface area contributed by atoms with Crippen LogP contribution in [0.4, 0.5) is 0 Å². The molecule has 5 aliphatic rings. The highest BCUT2D eigenvalue weighted by Crippen LogP contribution is 2.68. The first-order valence-electron chi connectivity index (χ1n) is 13.1. The fourth-order valence-corrected chi connectivity index (χ4v) is 9.48. The standard InChI is InChI=1S/C27H46O2/c1-18(6-5-13-25(2)17-29-25)22-9-10-23-21-8-7-19-16-20(28)11-14-26(19,3)24(21)12-15-27(22,23)4/h18-24,28H,5-17H2,1-4H3/t18-,19?,20?,21+,22-,23+,24+,25?,26+,27-/m1/s1. The van der Waals surface area contributed by atoms with Crippen molar-refractivity contribution in [3.63, 3.8) is 0 Å². The quantitative estimate of drug-likeness (QED) is 0.525. The third kappa shape index (κ3) is 3.43. The lowest BCUT2D eigenvalue weighted by Gasteiger charge is -2.61. The first-order chi connectivity index (χ1) is 13.8. The maximum absolute atomic E-state index is 10.3. The van der Waals surface area contributed by atoms with E-state index in [2.05, 4.69) is 27.7 Å². The Labute approximate surface area is 179 Å². The van der Waals surface area contributed by atoms with E-state index in [-0.39, 0.29) is 11.7 Å². The summed E-state index contributed by atoms with van der Waals surface area (Å²) >= 11 is 0. The summed E-state index contributed by atoms with van der Waals surface area (Å²) in [6.07, 6.45) is 16.2. The van der Waals surface area contributed by atoms with E-state index in [0.717, 1.165) is 55.0 Å². The van der Waals surface area contributed by atoms with Crippen LogP contribution in [-0.4, -0.2) is 23.4 Å². The summed E-state index contributed by atoms with van der Waals surface area (Å²) in [6.45, 7) is 11.2. The first-order valence-corrected chi connectivity index (χ1v) is 13.1. The molecular formula is C27H46O2. The van der Waals surface area contributed by atoms with Gasteiger partial charge in [-0.15, -0.1) is 0 Å². The molecule has 0 aromatic heterocycles. The van der Waals surface area contributed by atoms with E-state index in [0.29, 0.717) is 10.8 Å². The van der Waals surface area contributed by atoms with E-state index >= 15 is 0 Å². The Kier molecular flexibility index (Phi) is 5.18. The summed E-state index contributed by atoms with van der Waals surface area (Å²) in [5.41, 5.74) is 1.35. The van der Waals surface area contributed by atoms with Crippen LogP contribution in [-0.2, 0) is 4.74 Å². The lowest BCUT2D eigenvalue weighted by atomic mass is 9.44. The number of rotatable bonds is 5. The Morgan fingerprint density at radius 3 is 2.41 bits per heavy atom. The highest BCUT2D eigenvalue weighted by molar-refractivity contribution is 5.09. The first kappa shape index (κ1) is 20.8. The monoisotopic (exact) mass is 402 g/mol. The van der Waals surface area contributed by atoms with Crippen LogP contribution in [0, 0.1) is 46.3 Å². The molecule has 3 unspecified atom stereocenters. The van der Waals surface area contributed by atoms with Gasteiger partial charge in [0.25, 0.3) is 0 Å². The zero-order chi connectivity index (χ0) is 20.4. The molecule has 1 heterocycles. The van der Waals surface area contributed by atoms with Crippen molar-refractivity contribution in [1.82, 2.24) is 0 Å². The fourth-order valence-electron chi connectivity index (χ4n) is 9.48. The van der Waals surface area contributed by atoms with Gasteiger partial charge in [0, 0.05) is 0 Å². The Balaban J connectivity index is 1.27. The molecule has 2 nitrogen and oxygen atoms in total. The number of epoxide rings is 1. The largest absolute Gasteiger partial charge is 0.393 e. The van der Waals surface area contributed by atoms with Crippen LogP contribution >= 0.6 is 0 Å². The second kappa shape index (κ2) is 7.22. The third-order valence-electron chi connectivity index (χ3n) is 11.4. The van der Waals surface area contributed by atoms with Gasteiger partial charge in [-0.2, -0.15) is 0 Å². The van der Waals surface area contributed by atoms with E-state index in [9.17, 15) is 5.11 Å². The van der Waals surface area contributed by atoms with Crippen molar-refractivity contribution in [2.45, 2.75) is 116 Å². The van der Waals surface area contributed by atoms with Gasteiger partial charge in [0.2, 0.25) is 0 Å². The molecule has 0 bridgehead atoms. The van der Waals surface area contributed by atoms with Crippen molar-refractivity contribution in [3.05, 3.63) is 0 Å². The van der Waals surface area contributed by atoms with Crippen molar-refractivity contribution < 1.29 is 9.84 Å². The topological polar surface area (TPSA) is 32.8 Å². The van der Waals surface area contributed by atoms with Gasteiger partial charge in [-0.25, -0.2) is 0 Å². The molecular weight excluding hydrogens is 356 g/mol. The zero-order valence-electron chi connectivity index (χ0n) is 19.6. The van der Waals surface area contributed by atoms with Crippen LogP contribution in [0.2, 0.25) is 0 Å². The SMILES string of the molecule is C[C@H](CCCC1(C)CO1)[C@H]1CC[C@H]2[C@@H]3CCC4CC(O)CC[C@]4(C)[C@H]3CC[C@]12C. The van der Waals surface area contributed by atoms with Crippen molar-refractivity contribution >= 4 is 0 Å². The van der Waals surface area contributed by atoms with E-state index in [4.69, 9.17) is 4.74 Å². The smallest absolute Gasteiger partial charge is 0.0888 e. The average Bonchev–Trinajstić information content (AvgIpc) is 3.29. The molecule has 0 radical (unpaired) electrons. The lowest BCUT2D eigenvalue weighted by molar-refractivity contribution is -0.129. The molecule has 0 aromatic carbocycles. The summed E-state index contributed by atoms with van der Waals surface area (Å²) in [4.78, 5) is 0. The minimum atomic E-state index is -0.0153. The maximum Gasteiger partial charge on any atom is 0.0888 e. The van der Waals surface area contributed by atoms with Gasteiger partial charge in [-0.1, -0.05) is 33.6 Å². The molecule has 0 spiro atoms. The molecule has 1 saturated heterocycles.